The van der Waals surface area contributed by atoms with Gasteiger partial charge < -0.3 is 5.32 Å². The highest BCUT2D eigenvalue weighted by Crippen LogP contribution is 2.27. The SMILES string of the molecule is Cc1cc(Nc2cc(Cl)nc(-c3ccccn3)n2)c(C)cc1Cl. The third-order valence-corrected chi connectivity index (χ3v) is 3.96. The molecule has 6 heteroatoms. The standard InChI is InChI=1S/C17H14Cl2N4/c1-10-8-14(11(2)7-12(10)18)21-16-9-15(19)22-17(23-16)13-5-3-4-6-20-13/h3-9H,1-2H3,(H,21,22,23). The Morgan fingerprint density at radius 1 is 0.957 bits per heavy atom. The number of hydrogen-bond donors (Lipinski definition) is 1. The van der Waals surface area contributed by atoms with E-state index in [9.17, 15) is 0 Å². The predicted molar refractivity (Wildman–Crippen MR) is 94.5 cm³/mol. The van der Waals surface area contributed by atoms with Crippen LogP contribution in [0.2, 0.25) is 10.2 Å². The Morgan fingerprint density at radius 3 is 2.52 bits per heavy atom. The lowest BCUT2D eigenvalue weighted by Gasteiger charge is -2.12. The van der Waals surface area contributed by atoms with Crippen molar-refractivity contribution < 1.29 is 0 Å². The minimum atomic E-state index is 0.353. The molecule has 3 aromatic rings. The Morgan fingerprint density at radius 2 is 1.78 bits per heavy atom. The molecule has 0 aliphatic heterocycles. The topological polar surface area (TPSA) is 50.7 Å². The van der Waals surface area contributed by atoms with E-state index in [4.69, 9.17) is 23.2 Å². The van der Waals surface area contributed by atoms with E-state index in [1.54, 1.807) is 12.3 Å². The van der Waals surface area contributed by atoms with Crippen LogP contribution in [-0.4, -0.2) is 15.0 Å². The number of hydrogen-bond acceptors (Lipinski definition) is 4. The van der Waals surface area contributed by atoms with Gasteiger partial charge in [0.25, 0.3) is 0 Å². The highest BCUT2D eigenvalue weighted by molar-refractivity contribution is 6.31. The first-order chi connectivity index (χ1) is 11.0. The van der Waals surface area contributed by atoms with Crippen molar-refractivity contribution in [1.82, 2.24) is 15.0 Å². The molecule has 116 valence electrons. The molecule has 0 aliphatic carbocycles. The largest absolute Gasteiger partial charge is 0.340 e. The van der Waals surface area contributed by atoms with Crippen molar-refractivity contribution in [2.75, 3.05) is 5.32 Å². The number of aromatic nitrogens is 3. The van der Waals surface area contributed by atoms with Crippen molar-refractivity contribution in [2.24, 2.45) is 0 Å². The van der Waals surface area contributed by atoms with Crippen LogP contribution >= 0.6 is 23.2 Å². The molecular weight excluding hydrogens is 331 g/mol. The van der Waals surface area contributed by atoms with Crippen LogP contribution in [0.5, 0.6) is 0 Å². The second-order valence-electron chi connectivity index (χ2n) is 5.16. The van der Waals surface area contributed by atoms with Gasteiger partial charge in [-0.2, -0.15) is 0 Å². The summed E-state index contributed by atoms with van der Waals surface area (Å²) in [5.41, 5.74) is 3.61. The fourth-order valence-electron chi connectivity index (χ4n) is 2.14. The smallest absolute Gasteiger partial charge is 0.181 e. The molecule has 0 aliphatic rings. The van der Waals surface area contributed by atoms with Gasteiger partial charge >= 0.3 is 0 Å². The third-order valence-electron chi connectivity index (χ3n) is 3.36. The summed E-state index contributed by atoms with van der Waals surface area (Å²) in [7, 11) is 0. The van der Waals surface area contributed by atoms with Gasteiger partial charge in [-0.15, -0.1) is 0 Å². The van der Waals surface area contributed by atoms with Gasteiger partial charge in [0.05, 0.1) is 0 Å². The normalized spacial score (nSPS) is 10.6. The predicted octanol–water partition coefficient (Wildman–Crippen LogP) is 5.21. The van der Waals surface area contributed by atoms with Crippen molar-refractivity contribution in [3.63, 3.8) is 0 Å². The Labute approximate surface area is 144 Å². The van der Waals surface area contributed by atoms with Crippen molar-refractivity contribution in [1.29, 1.82) is 0 Å². The van der Waals surface area contributed by atoms with Crippen molar-refractivity contribution in [3.05, 3.63) is 63.9 Å². The molecule has 2 heterocycles. The fraction of sp³-hybridized carbons (Fsp3) is 0.118. The molecule has 0 radical (unpaired) electrons. The second kappa shape index (κ2) is 6.52. The molecule has 0 amide bonds. The van der Waals surface area contributed by atoms with Crippen LogP contribution in [0.15, 0.2) is 42.6 Å². The van der Waals surface area contributed by atoms with Crippen molar-refractivity contribution in [2.45, 2.75) is 13.8 Å². The van der Waals surface area contributed by atoms with Crippen LogP contribution in [0.25, 0.3) is 11.5 Å². The fourth-order valence-corrected chi connectivity index (χ4v) is 2.55. The van der Waals surface area contributed by atoms with Crippen molar-refractivity contribution >= 4 is 34.7 Å². The molecule has 0 unspecified atom stereocenters. The molecule has 0 fully saturated rings. The number of benzene rings is 1. The third kappa shape index (κ3) is 3.60. The summed E-state index contributed by atoms with van der Waals surface area (Å²) in [5, 5.41) is 4.36. The monoisotopic (exact) mass is 344 g/mol. The summed E-state index contributed by atoms with van der Waals surface area (Å²) in [5.74, 6) is 1.08. The molecule has 0 saturated carbocycles. The molecule has 3 rings (SSSR count). The summed E-state index contributed by atoms with van der Waals surface area (Å²) in [6, 6.07) is 11.1. The first-order valence-electron chi connectivity index (χ1n) is 7.02. The molecule has 2 aromatic heterocycles. The van der Waals surface area contributed by atoms with Crippen LogP contribution in [0.1, 0.15) is 11.1 Å². The Balaban J connectivity index is 1.98. The van der Waals surface area contributed by atoms with E-state index in [1.807, 2.05) is 44.2 Å². The summed E-state index contributed by atoms with van der Waals surface area (Å²) in [6.45, 7) is 3.94. The maximum atomic E-state index is 6.14. The quantitative estimate of drug-likeness (QED) is 0.663. The number of anilines is 2. The van der Waals surface area contributed by atoms with E-state index in [0.717, 1.165) is 21.8 Å². The van der Waals surface area contributed by atoms with E-state index < -0.39 is 0 Å². The first kappa shape index (κ1) is 15.7. The number of nitrogens with zero attached hydrogens (tertiary/aromatic N) is 3. The Hall–Kier alpha value is -2.17. The van der Waals surface area contributed by atoms with Gasteiger partial charge in [-0.05, 0) is 49.2 Å². The number of rotatable bonds is 3. The van der Waals surface area contributed by atoms with Crippen LogP contribution in [-0.2, 0) is 0 Å². The maximum Gasteiger partial charge on any atom is 0.181 e. The molecule has 23 heavy (non-hydrogen) atoms. The van der Waals surface area contributed by atoms with E-state index in [-0.39, 0.29) is 0 Å². The maximum absolute atomic E-state index is 6.14. The van der Waals surface area contributed by atoms with Gasteiger partial charge in [0, 0.05) is 23.0 Å². The molecular formula is C17H14Cl2N4. The highest BCUT2D eigenvalue weighted by Gasteiger charge is 2.09. The van der Waals surface area contributed by atoms with Crippen LogP contribution in [0, 0.1) is 13.8 Å². The summed E-state index contributed by atoms with van der Waals surface area (Å²) in [4.78, 5) is 13.0. The number of aryl methyl sites for hydroxylation is 2. The zero-order chi connectivity index (χ0) is 16.4. The minimum Gasteiger partial charge on any atom is -0.340 e. The minimum absolute atomic E-state index is 0.353. The molecule has 1 aromatic carbocycles. The van der Waals surface area contributed by atoms with Crippen LogP contribution < -0.4 is 5.32 Å². The molecule has 0 bridgehead atoms. The summed E-state index contributed by atoms with van der Waals surface area (Å²) >= 11 is 12.3. The van der Waals surface area contributed by atoms with Gasteiger partial charge in [0.1, 0.15) is 16.7 Å². The first-order valence-corrected chi connectivity index (χ1v) is 7.78. The van der Waals surface area contributed by atoms with Gasteiger partial charge in [-0.1, -0.05) is 29.3 Å². The lowest BCUT2D eigenvalue weighted by molar-refractivity contribution is 1.14. The van der Waals surface area contributed by atoms with Gasteiger partial charge in [-0.3, -0.25) is 4.98 Å². The highest BCUT2D eigenvalue weighted by atomic mass is 35.5. The summed E-state index contributed by atoms with van der Waals surface area (Å²) < 4.78 is 0. The number of pyridine rings is 1. The van der Waals surface area contributed by atoms with E-state index in [2.05, 4.69) is 20.3 Å². The van der Waals surface area contributed by atoms with Gasteiger partial charge in [0.2, 0.25) is 0 Å². The van der Waals surface area contributed by atoms with Crippen LogP contribution in [0.3, 0.4) is 0 Å². The lowest BCUT2D eigenvalue weighted by Crippen LogP contribution is -2.00. The van der Waals surface area contributed by atoms with Gasteiger partial charge in [0.15, 0.2) is 5.82 Å². The Kier molecular flexibility index (Phi) is 4.46. The van der Waals surface area contributed by atoms with Gasteiger partial charge in [-0.25, -0.2) is 9.97 Å². The van der Waals surface area contributed by atoms with Crippen LogP contribution in [0.4, 0.5) is 11.5 Å². The molecule has 0 saturated heterocycles. The molecule has 0 spiro atoms. The molecule has 0 atom stereocenters. The molecule has 1 N–H and O–H groups in total. The number of halogens is 2. The summed E-state index contributed by atoms with van der Waals surface area (Å²) in [6.07, 6.45) is 1.69. The average Bonchev–Trinajstić information content (AvgIpc) is 2.53. The van der Waals surface area contributed by atoms with E-state index in [0.29, 0.717) is 22.5 Å². The van der Waals surface area contributed by atoms with Crippen molar-refractivity contribution in [3.8, 4) is 11.5 Å². The van der Waals surface area contributed by atoms with E-state index in [1.165, 1.54) is 0 Å². The van der Waals surface area contributed by atoms with E-state index >= 15 is 0 Å². The Bertz CT molecular complexity index is 851. The zero-order valence-electron chi connectivity index (χ0n) is 12.6. The lowest BCUT2D eigenvalue weighted by atomic mass is 10.1. The average molecular weight is 345 g/mol. The molecule has 4 nitrogen and oxygen atoms in total. The number of nitrogens with one attached hydrogen (secondary N) is 1. The zero-order valence-corrected chi connectivity index (χ0v) is 14.2. The second-order valence-corrected chi connectivity index (χ2v) is 5.95.